The normalized spacial score (nSPS) is 12.4. The van der Waals surface area contributed by atoms with Crippen molar-refractivity contribution in [2.24, 2.45) is 0 Å². The third-order valence-electron chi connectivity index (χ3n) is 5.73. The van der Waals surface area contributed by atoms with E-state index in [1.165, 1.54) is 24.3 Å². The van der Waals surface area contributed by atoms with Gasteiger partial charge in [0.2, 0.25) is 10.0 Å². The third-order valence-corrected chi connectivity index (χ3v) is 7.19. The average molecular weight is 583 g/mol. The number of carbonyl (C=O) groups excluding carboxylic acids is 1. The maximum atomic E-state index is 13.9. The summed E-state index contributed by atoms with van der Waals surface area (Å²) in [5.41, 5.74) is -1.91. The van der Waals surface area contributed by atoms with Gasteiger partial charge < -0.3 is 10.2 Å². The van der Waals surface area contributed by atoms with Crippen LogP contribution in [-0.4, -0.2) is 61.0 Å². The van der Waals surface area contributed by atoms with Gasteiger partial charge in [-0.1, -0.05) is 18.2 Å². The second-order valence-electron chi connectivity index (χ2n) is 8.92. The van der Waals surface area contributed by atoms with Gasteiger partial charge in [-0.3, -0.25) is 4.79 Å². The van der Waals surface area contributed by atoms with E-state index in [0.29, 0.717) is 6.54 Å². The molecule has 0 saturated heterocycles. The van der Waals surface area contributed by atoms with E-state index in [-0.39, 0.29) is 39.6 Å². The lowest BCUT2D eigenvalue weighted by Crippen LogP contribution is -2.31. The first-order valence-corrected chi connectivity index (χ1v) is 13.1. The molecule has 0 fully saturated rings. The van der Waals surface area contributed by atoms with Gasteiger partial charge >= 0.3 is 6.18 Å². The molecule has 0 aliphatic rings. The van der Waals surface area contributed by atoms with E-state index in [4.69, 9.17) is 0 Å². The van der Waals surface area contributed by atoms with Crippen molar-refractivity contribution in [1.82, 2.24) is 24.2 Å². The number of halogens is 5. The highest BCUT2D eigenvalue weighted by molar-refractivity contribution is 7.89. The summed E-state index contributed by atoms with van der Waals surface area (Å²) in [6.45, 7) is 0.625. The molecule has 2 aromatic heterocycles. The van der Waals surface area contributed by atoms with E-state index in [1.807, 2.05) is 0 Å². The van der Waals surface area contributed by atoms with Crippen molar-refractivity contribution in [1.29, 1.82) is 0 Å². The Balaban J connectivity index is 1.65. The number of nitrogens with zero attached hydrogens (tertiary/aromatic N) is 4. The fraction of sp³-hybridized carbons (Fsp3) is 0.240. The molecule has 2 N–H and O–H groups in total. The first kappa shape index (κ1) is 29.0. The van der Waals surface area contributed by atoms with Crippen LogP contribution in [0.3, 0.4) is 0 Å². The average Bonchev–Trinajstić information content (AvgIpc) is 3.31. The summed E-state index contributed by atoms with van der Waals surface area (Å²) in [6, 6.07) is 10.2. The molecule has 2 heterocycles. The first-order valence-electron chi connectivity index (χ1n) is 11.7. The Kier molecular flexibility index (Phi) is 8.18. The molecule has 0 spiro atoms. The number of alkyl halides is 5. The van der Waals surface area contributed by atoms with Gasteiger partial charge in [-0.2, -0.15) is 18.3 Å². The van der Waals surface area contributed by atoms with E-state index in [9.17, 15) is 35.2 Å². The maximum absolute atomic E-state index is 13.9. The second kappa shape index (κ2) is 11.3. The summed E-state index contributed by atoms with van der Waals surface area (Å²) in [6.07, 6.45) is -6.61. The SMILES string of the molecule is CN(C)CCNS(=O)(=O)c1cccc(NC(=O)c2cnn3c(C(F)F)cc(-c4ccc(C(F)(F)F)cc4)nc23)c1. The van der Waals surface area contributed by atoms with E-state index < -0.39 is 39.8 Å². The van der Waals surface area contributed by atoms with Crippen molar-refractivity contribution in [2.75, 3.05) is 32.5 Å². The van der Waals surface area contributed by atoms with E-state index in [1.54, 1.807) is 19.0 Å². The largest absolute Gasteiger partial charge is 0.416 e. The highest BCUT2D eigenvalue weighted by Crippen LogP contribution is 2.32. The molecule has 212 valence electrons. The molecule has 0 bridgehead atoms. The third kappa shape index (κ3) is 6.43. The standard InChI is InChI=1S/C25H23F5N6O3S/c1-35(2)11-10-32-40(38,39)18-5-3-4-17(12-18)33-24(37)19-14-31-36-21(22(26)27)13-20(34-23(19)36)15-6-8-16(9-7-15)25(28,29)30/h3-9,12-14,22,32H,10-11H2,1-2H3,(H,33,37). The van der Waals surface area contributed by atoms with E-state index in [2.05, 4.69) is 20.1 Å². The monoisotopic (exact) mass is 582 g/mol. The summed E-state index contributed by atoms with van der Waals surface area (Å²) in [5, 5.41) is 6.35. The Morgan fingerprint density at radius 3 is 2.40 bits per heavy atom. The van der Waals surface area contributed by atoms with Gasteiger partial charge in [0.25, 0.3) is 12.3 Å². The van der Waals surface area contributed by atoms with Crippen molar-refractivity contribution in [2.45, 2.75) is 17.5 Å². The van der Waals surface area contributed by atoms with Crippen LogP contribution in [0, 0.1) is 0 Å². The number of anilines is 1. The van der Waals surface area contributed by atoms with Gasteiger partial charge in [0.1, 0.15) is 11.3 Å². The van der Waals surface area contributed by atoms with Crippen molar-refractivity contribution in [3.05, 3.63) is 77.6 Å². The minimum Gasteiger partial charge on any atom is -0.322 e. The number of nitrogens with one attached hydrogen (secondary N) is 2. The number of hydrogen-bond acceptors (Lipinski definition) is 6. The Hall–Kier alpha value is -3.95. The molecule has 2 aromatic carbocycles. The number of amides is 1. The molecule has 4 aromatic rings. The number of fused-ring (bicyclic) bond motifs is 1. The molecule has 0 atom stereocenters. The van der Waals surface area contributed by atoms with Gasteiger partial charge in [-0.15, -0.1) is 0 Å². The fourth-order valence-electron chi connectivity index (χ4n) is 3.71. The van der Waals surface area contributed by atoms with Crippen LogP contribution in [0.15, 0.2) is 65.7 Å². The number of carbonyl (C=O) groups is 1. The van der Waals surface area contributed by atoms with Crippen LogP contribution in [0.25, 0.3) is 16.9 Å². The summed E-state index contributed by atoms with van der Waals surface area (Å²) in [5.74, 6) is -0.817. The summed E-state index contributed by atoms with van der Waals surface area (Å²) >= 11 is 0. The highest BCUT2D eigenvalue weighted by atomic mass is 32.2. The highest BCUT2D eigenvalue weighted by Gasteiger charge is 2.30. The van der Waals surface area contributed by atoms with Crippen molar-refractivity contribution < 1.29 is 35.2 Å². The number of aromatic nitrogens is 3. The van der Waals surface area contributed by atoms with Crippen LogP contribution in [0.4, 0.5) is 27.6 Å². The van der Waals surface area contributed by atoms with Gasteiger partial charge in [0.15, 0.2) is 5.65 Å². The molecule has 4 rings (SSSR count). The molecular formula is C25H23F5N6O3S. The second-order valence-corrected chi connectivity index (χ2v) is 10.7. The lowest BCUT2D eigenvalue weighted by molar-refractivity contribution is -0.137. The van der Waals surface area contributed by atoms with Crippen molar-refractivity contribution in [3.63, 3.8) is 0 Å². The predicted octanol–water partition coefficient (Wildman–Crippen LogP) is 4.44. The number of sulfonamides is 1. The Morgan fingerprint density at radius 2 is 1.77 bits per heavy atom. The summed E-state index contributed by atoms with van der Waals surface area (Å²) < 4.78 is 95.0. The molecule has 9 nitrogen and oxygen atoms in total. The predicted molar refractivity (Wildman–Crippen MR) is 137 cm³/mol. The van der Waals surface area contributed by atoms with Crippen LogP contribution in [-0.2, 0) is 16.2 Å². The zero-order valence-corrected chi connectivity index (χ0v) is 21.9. The van der Waals surface area contributed by atoms with Crippen LogP contribution >= 0.6 is 0 Å². The number of hydrogen-bond donors (Lipinski definition) is 2. The quantitative estimate of drug-likeness (QED) is 0.283. The molecule has 0 unspecified atom stereocenters. The number of rotatable bonds is 9. The zero-order valence-electron chi connectivity index (χ0n) is 21.1. The minimum atomic E-state index is -4.58. The molecule has 1 amide bonds. The number of likely N-dealkylation sites (N-methyl/N-ethyl adjacent to an activating group) is 1. The van der Waals surface area contributed by atoms with Crippen LogP contribution in [0.2, 0.25) is 0 Å². The molecule has 0 saturated carbocycles. The molecule has 15 heteroatoms. The lowest BCUT2D eigenvalue weighted by Gasteiger charge is -2.12. The molecule has 0 aliphatic carbocycles. The summed E-state index contributed by atoms with van der Waals surface area (Å²) in [4.78, 5) is 19.0. The Bertz CT molecular complexity index is 1640. The first-order chi connectivity index (χ1) is 18.8. The topological polar surface area (TPSA) is 109 Å². The van der Waals surface area contributed by atoms with Gasteiger partial charge in [-0.05, 0) is 50.5 Å². The molecule has 0 aliphatic heterocycles. The van der Waals surface area contributed by atoms with Crippen LogP contribution in [0.5, 0.6) is 0 Å². The molecule has 0 radical (unpaired) electrons. The van der Waals surface area contributed by atoms with Crippen molar-refractivity contribution >= 4 is 27.3 Å². The molecule has 40 heavy (non-hydrogen) atoms. The fourth-order valence-corrected chi connectivity index (χ4v) is 4.77. The number of benzene rings is 2. The van der Waals surface area contributed by atoms with E-state index in [0.717, 1.165) is 41.0 Å². The van der Waals surface area contributed by atoms with Gasteiger partial charge in [0, 0.05) is 24.3 Å². The van der Waals surface area contributed by atoms with Gasteiger partial charge in [0.05, 0.1) is 22.3 Å². The zero-order chi connectivity index (χ0) is 29.2. The minimum absolute atomic E-state index is 0.0945. The smallest absolute Gasteiger partial charge is 0.322 e. The van der Waals surface area contributed by atoms with Crippen molar-refractivity contribution in [3.8, 4) is 11.3 Å². The molecular weight excluding hydrogens is 559 g/mol. The van der Waals surface area contributed by atoms with Crippen LogP contribution in [0.1, 0.15) is 28.0 Å². The van der Waals surface area contributed by atoms with Gasteiger partial charge in [-0.25, -0.2) is 31.4 Å². The maximum Gasteiger partial charge on any atom is 0.416 e. The lowest BCUT2D eigenvalue weighted by atomic mass is 10.1. The Morgan fingerprint density at radius 1 is 1.07 bits per heavy atom. The summed E-state index contributed by atoms with van der Waals surface area (Å²) in [7, 11) is -0.301. The van der Waals surface area contributed by atoms with Crippen LogP contribution < -0.4 is 10.0 Å². The Labute approximate surface area is 225 Å². The van der Waals surface area contributed by atoms with E-state index >= 15 is 0 Å².